The molecule has 0 saturated heterocycles. The molecule has 0 radical (unpaired) electrons. The summed E-state index contributed by atoms with van der Waals surface area (Å²) < 4.78 is 31.1. The van der Waals surface area contributed by atoms with Crippen LogP contribution >= 0.6 is 0 Å². The molecule has 6 heteroatoms. The number of aliphatic hydroxyl groups excluding tert-OH is 1. The zero-order chi connectivity index (χ0) is 13.1. The van der Waals surface area contributed by atoms with Crippen molar-refractivity contribution in [1.82, 2.24) is 9.97 Å². The lowest BCUT2D eigenvalue weighted by Gasteiger charge is -2.07. The van der Waals surface area contributed by atoms with E-state index in [9.17, 15) is 8.78 Å². The second-order valence-corrected chi connectivity index (χ2v) is 3.60. The molecule has 2 rings (SSSR count). The molecule has 0 aliphatic rings. The van der Waals surface area contributed by atoms with E-state index >= 15 is 0 Å². The summed E-state index contributed by atoms with van der Waals surface area (Å²) in [5.41, 5.74) is 1.09. The van der Waals surface area contributed by atoms with Gasteiger partial charge in [0, 0.05) is 17.8 Å². The summed E-state index contributed by atoms with van der Waals surface area (Å²) in [7, 11) is 0. The third kappa shape index (κ3) is 2.60. The lowest BCUT2D eigenvalue weighted by molar-refractivity contribution is 0.279. The molecule has 0 bridgehead atoms. The Kier molecular flexibility index (Phi) is 3.47. The van der Waals surface area contributed by atoms with Gasteiger partial charge in [0.25, 0.3) is 0 Å². The van der Waals surface area contributed by atoms with Gasteiger partial charge >= 0.3 is 6.01 Å². The number of rotatable bonds is 3. The Balaban J connectivity index is 2.26. The lowest BCUT2D eigenvalue weighted by atomic mass is 10.3. The van der Waals surface area contributed by atoms with Crippen LogP contribution in [0.2, 0.25) is 0 Å². The van der Waals surface area contributed by atoms with Gasteiger partial charge in [-0.15, -0.1) is 0 Å². The van der Waals surface area contributed by atoms with Crippen LogP contribution in [0.1, 0.15) is 11.3 Å². The van der Waals surface area contributed by atoms with Crippen LogP contribution < -0.4 is 4.74 Å². The molecule has 2 aromatic rings. The molecule has 1 heterocycles. The van der Waals surface area contributed by atoms with Gasteiger partial charge in [0.1, 0.15) is 5.82 Å². The molecule has 0 atom stereocenters. The van der Waals surface area contributed by atoms with E-state index in [-0.39, 0.29) is 18.4 Å². The van der Waals surface area contributed by atoms with E-state index in [1.807, 2.05) is 0 Å². The SMILES string of the molecule is Cc1nc(Oc2ccc(F)cc2F)ncc1CO. The van der Waals surface area contributed by atoms with Gasteiger partial charge < -0.3 is 9.84 Å². The van der Waals surface area contributed by atoms with Crippen LogP contribution in [0.5, 0.6) is 11.8 Å². The van der Waals surface area contributed by atoms with Gasteiger partial charge in [-0.1, -0.05) is 0 Å². The second-order valence-electron chi connectivity index (χ2n) is 3.60. The van der Waals surface area contributed by atoms with Crippen LogP contribution in [0.4, 0.5) is 8.78 Å². The minimum Gasteiger partial charge on any atom is -0.421 e. The van der Waals surface area contributed by atoms with Gasteiger partial charge in [0.2, 0.25) is 0 Å². The van der Waals surface area contributed by atoms with Crippen LogP contribution in [0, 0.1) is 18.6 Å². The van der Waals surface area contributed by atoms with Gasteiger partial charge in [-0.3, -0.25) is 0 Å². The summed E-state index contributed by atoms with van der Waals surface area (Å²) in [5, 5.41) is 8.95. The predicted octanol–water partition coefficient (Wildman–Crippen LogP) is 2.35. The van der Waals surface area contributed by atoms with Gasteiger partial charge in [0.05, 0.1) is 12.3 Å². The molecule has 1 aromatic heterocycles. The monoisotopic (exact) mass is 252 g/mol. The molecule has 18 heavy (non-hydrogen) atoms. The first kappa shape index (κ1) is 12.4. The first-order chi connectivity index (χ1) is 8.60. The zero-order valence-electron chi connectivity index (χ0n) is 9.52. The molecule has 0 saturated carbocycles. The van der Waals surface area contributed by atoms with Crippen molar-refractivity contribution in [2.75, 3.05) is 0 Å². The minimum atomic E-state index is -0.831. The Labute approximate surface area is 102 Å². The molecule has 1 N–H and O–H groups in total. The Morgan fingerprint density at radius 1 is 1.33 bits per heavy atom. The van der Waals surface area contributed by atoms with Crippen LogP contribution in [0.3, 0.4) is 0 Å². The number of benzene rings is 1. The highest BCUT2D eigenvalue weighted by Crippen LogP contribution is 2.22. The van der Waals surface area contributed by atoms with Gasteiger partial charge in [0.15, 0.2) is 11.6 Å². The second kappa shape index (κ2) is 5.05. The lowest BCUT2D eigenvalue weighted by Crippen LogP contribution is -1.99. The van der Waals surface area contributed by atoms with E-state index < -0.39 is 11.6 Å². The van der Waals surface area contributed by atoms with Gasteiger partial charge in [-0.05, 0) is 19.1 Å². The van der Waals surface area contributed by atoms with Crippen molar-refractivity contribution >= 4 is 0 Å². The minimum absolute atomic E-state index is 0.0600. The standard InChI is InChI=1S/C12H10F2N2O2/c1-7-8(6-17)5-15-12(16-7)18-11-3-2-9(13)4-10(11)14/h2-5,17H,6H2,1H3. The number of halogens is 2. The molecule has 0 spiro atoms. The van der Waals surface area contributed by atoms with Crippen molar-refractivity contribution < 1.29 is 18.6 Å². The normalized spacial score (nSPS) is 10.4. The summed E-state index contributed by atoms with van der Waals surface area (Å²) in [4.78, 5) is 7.76. The van der Waals surface area contributed by atoms with Crippen LogP contribution in [0.25, 0.3) is 0 Å². The quantitative estimate of drug-likeness (QED) is 0.911. The molecule has 0 aliphatic carbocycles. The molecule has 0 aliphatic heterocycles. The Bertz CT molecular complexity index is 576. The molecule has 94 valence electrons. The topological polar surface area (TPSA) is 55.2 Å². The number of hydrogen-bond donors (Lipinski definition) is 1. The number of aryl methyl sites for hydroxylation is 1. The Morgan fingerprint density at radius 3 is 2.72 bits per heavy atom. The number of aromatic nitrogens is 2. The summed E-state index contributed by atoms with van der Waals surface area (Å²) in [6, 6.07) is 2.89. The maximum absolute atomic E-state index is 13.3. The van der Waals surface area contributed by atoms with E-state index in [4.69, 9.17) is 9.84 Å². The van der Waals surface area contributed by atoms with Crippen molar-refractivity contribution in [3.8, 4) is 11.8 Å². The maximum atomic E-state index is 13.3. The first-order valence-corrected chi connectivity index (χ1v) is 5.16. The van der Waals surface area contributed by atoms with E-state index in [0.717, 1.165) is 12.1 Å². The fourth-order valence-electron chi connectivity index (χ4n) is 1.33. The van der Waals surface area contributed by atoms with Crippen molar-refractivity contribution in [3.63, 3.8) is 0 Å². The number of aliphatic hydroxyl groups is 1. The van der Waals surface area contributed by atoms with Crippen molar-refractivity contribution in [2.45, 2.75) is 13.5 Å². The fraction of sp³-hybridized carbons (Fsp3) is 0.167. The Hall–Kier alpha value is -2.08. The molecule has 0 fully saturated rings. The van der Waals surface area contributed by atoms with E-state index in [0.29, 0.717) is 17.3 Å². The molecule has 0 amide bonds. The summed E-state index contributed by atoms with van der Waals surface area (Å²) in [6.45, 7) is 1.48. The van der Waals surface area contributed by atoms with Crippen LogP contribution in [-0.2, 0) is 6.61 Å². The van der Waals surface area contributed by atoms with Crippen molar-refractivity contribution in [2.24, 2.45) is 0 Å². The van der Waals surface area contributed by atoms with E-state index in [2.05, 4.69) is 9.97 Å². The maximum Gasteiger partial charge on any atom is 0.322 e. The van der Waals surface area contributed by atoms with Crippen LogP contribution in [-0.4, -0.2) is 15.1 Å². The number of hydrogen-bond acceptors (Lipinski definition) is 4. The largest absolute Gasteiger partial charge is 0.421 e. The summed E-state index contributed by atoms with van der Waals surface area (Å²) in [6.07, 6.45) is 1.39. The van der Waals surface area contributed by atoms with Crippen LogP contribution in [0.15, 0.2) is 24.4 Å². The predicted molar refractivity (Wildman–Crippen MR) is 59.1 cm³/mol. The molecule has 1 aromatic carbocycles. The summed E-state index contributed by atoms with van der Waals surface area (Å²) in [5.74, 6) is -1.68. The molecular formula is C12H10F2N2O2. The van der Waals surface area contributed by atoms with Crippen molar-refractivity contribution in [3.05, 3.63) is 47.3 Å². The van der Waals surface area contributed by atoms with Crippen molar-refractivity contribution in [1.29, 1.82) is 0 Å². The highest BCUT2D eigenvalue weighted by atomic mass is 19.1. The third-order valence-electron chi connectivity index (χ3n) is 2.32. The van der Waals surface area contributed by atoms with Gasteiger partial charge in [-0.2, -0.15) is 4.98 Å². The van der Waals surface area contributed by atoms with E-state index in [1.54, 1.807) is 6.92 Å². The van der Waals surface area contributed by atoms with E-state index in [1.165, 1.54) is 6.20 Å². The average molecular weight is 252 g/mol. The third-order valence-corrected chi connectivity index (χ3v) is 2.32. The number of ether oxygens (including phenoxy) is 1. The van der Waals surface area contributed by atoms with Gasteiger partial charge in [-0.25, -0.2) is 13.8 Å². The molecule has 0 unspecified atom stereocenters. The highest BCUT2D eigenvalue weighted by molar-refractivity contribution is 5.28. The summed E-state index contributed by atoms with van der Waals surface area (Å²) >= 11 is 0. The first-order valence-electron chi connectivity index (χ1n) is 5.16. The average Bonchev–Trinajstić information content (AvgIpc) is 2.33. The fourth-order valence-corrected chi connectivity index (χ4v) is 1.33. The smallest absolute Gasteiger partial charge is 0.322 e. The number of nitrogens with zero attached hydrogens (tertiary/aromatic N) is 2. The molecular weight excluding hydrogens is 242 g/mol. The molecule has 4 nitrogen and oxygen atoms in total. The Morgan fingerprint density at radius 2 is 2.11 bits per heavy atom. The zero-order valence-corrected chi connectivity index (χ0v) is 9.52. The highest BCUT2D eigenvalue weighted by Gasteiger charge is 2.09.